The summed E-state index contributed by atoms with van der Waals surface area (Å²) in [6.45, 7) is 3.93. The number of benzene rings is 2. The number of ether oxygens (including phenoxy) is 1. The number of rotatable bonds is 2. The molecule has 100 valence electrons. The van der Waals surface area contributed by atoms with E-state index in [4.69, 9.17) is 4.74 Å². The SMILES string of the molecule is Cc1cc(P)c(Oc2cc(C)c(O)c(I)c2)c(I)c1. The average Bonchev–Trinajstić information content (AvgIpc) is 2.30. The molecule has 0 heterocycles. The van der Waals surface area contributed by atoms with Crippen molar-refractivity contribution in [3.8, 4) is 17.2 Å². The van der Waals surface area contributed by atoms with Crippen LogP contribution in [0, 0.1) is 21.0 Å². The maximum absolute atomic E-state index is 9.77. The number of hydrogen-bond donors (Lipinski definition) is 1. The van der Waals surface area contributed by atoms with Crippen LogP contribution in [-0.4, -0.2) is 5.11 Å². The van der Waals surface area contributed by atoms with E-state index in [9.17, 15) is 5.11 Å². The Bertz CT molecular complexity index is 595. The molecular weight excluding hydrogens is 485 g/mol. The zero-order valence-corrected chi connectivity index (χ0v) is 16.0. The van der Waals surface area contributed by atoms with Crippen molar-refractivity contribution in [3.05, 3.63) is 42.5 Å². The Balaban J connectivity index is 2.42. The highest BCUT2D eigenvalue weighted by molar-refractivity contribution is 14.1. The van der Waals surface area contributed by atoms with Gasteiger partial charge in [0.15, 0.2) is 0 Å². The van der Waals surface area contributed by atoms with E-state index in [1.54, 1.807) is 0 Å². The number of aryl methyl sites for hydroxylation is 2. The maximum atomic E-state index is 9.77. The fourth-order valence-electron chi connectivity index (χ4n) is 1.75. The van der Waals surface area contributed by atoms with E-state index in [2.05, 4.69) is 73.5 Å². The van der Waals surface area contributed by atoms with E-state index >= 15 is 0 Å². The summed E-state index contributed by atoms with van der Waals surface area (Å²) in [5.74, 6) is 1.90. The summed E-state index contributed by atoms with van der Waals surface area (Å²) in [6, 6.07) is 7.84. The number of phenolic OH excluding ortho intramolecular Hbond substituents is 1. The first-order valence-corrected chi connectivity index (χ1v) is 8.34. The summed E-state index contributed by atoms with van der Waals surface area (Å²) >= 11 is 4.38. The van der Waals surface area contributed by atoms with Crippen LogP contribution in [-0.2, 0) is 0 Å². The molecule has 1 unspecified atom stereocenters. The average molecular weight is 498 g/mol. The first kappa shape index (κ1) is 15.3. The van der Waals surface area contributed by atoms with Gasteiger partial charge < -0.3 is 9.84 Å². The van der Waals surface area contributed by atoms with Crippen molar-refractivity contribution in [1.82, 2.24) is 0 Å². The third-order valence-electron chi connectivity index (χ3n) is 2.66. The van der Waals surface area contributed by atoms with Crippen LogP contribution in [0.25, 0.3) is 0 Å². The Morgan fingerprint density at radius 2 is 1.74 bits per heavy atom. The predicted molar refractivity (Wildman–Crippen MR) is 98.9 cm³/mol. The van der Waals surface area contributed by atoms with Gasteiger partial charge in [-0.25, -0.2) is 0 Å². The molecule has 2 rings (SSSR count). The summed E-state index contributed by atoms with van der Waals surface area (Å²) in [4.78, 5) is 0. The largest absolute Gasteiger partial charge is 0.507 e. The molecule has 1 atom stereocenters. The first-order chi connectivity index (χ1) is 8.88. The first-order valence-electron chi connectivity index (χ1n) is 5.61. The maximum Gasteiger partial charge on any atom is 0.147 e. The van der Waals surface area contributed by atoms with Gasteiger partial charge in [-0.05, 0) is 94.4 Å². The number of phenols is 1. The summed E-state index contributed by atoms with van der Waals surface area (Å²) in [6.07, 6.45) is 0. The smallest absolute Gasteiger partial charge is 0.147 e. The van der Waals surface area contributed by atoms with Crippen LogP contribution in [0.4, 0.5) is 0 Å². The minimum Gasteiger partial charge on any atom is -0.507 e. The highest BCUT2D eigenvalue weighted by Gasteiger charge is 2.10. The van der Waals surface area contributed by atoms with E-state index in [1.165, 1.54) is 5.56 Å². The third kappa shape index (κ3) is 3.52. The molecule has 0 radical (unpaired) electrons. The minimum atomic E-state index is 0.317. The van der Waals surface area contributed by atoms with Crippen LogP contribution in [0.15, 0.2) is 24.3 Å². The van der Waals surface area contributed by atoms with Crippen LogP contribution in [0.5, 0.6) is 17.2 Å². The lowest BCUT2D eigenvalue weighted by Gasteiger charge is -2.13. The second-order valence-electron chi connectivity index (χ2n) is 4.34. The molecule has 0 aliphatic heterocycles. The standard InChI is InChI=1S/C14H13I2O2P/c1-7-3-11(16)14(12(19)4-7)18-9-5-8(2)13(17)10(15)6-9/h3-6,17H,19H2,1-2H3. The van der Waals surface area contributed by atoms with Crippen molar-refractivity contribution < 1.29 is 9.84 Å². The zero-order chi connectivity index (χ0) is 14.2. The molecule has 0 spiro atoms. The van der Waals surface area contributed by atoms with Crippen molar-refractivity contribution in [2.75, 3.05) is 0 Å². The predicted octanol–water partition coefficient (Wildman–Crippen LogP) is 4.51. The zero-order valence-electron chi connectivity index (χ0n) is 10.5. The van der Waals surface area contributed by atoms with Crippen LogP contribution in [0.1, 0.15) is 11.1 Å². The van der Waals surface area contributed by atoms with Crippen molar-refractivity contribution in [1.29, 1.82) is 0 Å². The molecule has 2 aromatic rings. The van der Waals surface area contributed by atoms with E-state index in [-0.39, 0.29) is 0 Å². The molecule has 0 amide bonds. The third-order valence-corrected chi connectivity index (χ3v) is 4.72. The number of halogens is 2. The lowest BCUT2D eigenvalue weighted by atomic mass is 10.2. The molecule has 2 aromatic carbocycles. The van der Waals surface area contributed by atoms with Crippen molar-refractivity contribution >= 4 is 59.7 Å². The van der Waals surface area contributed by atoms with Crippen molar-refractivity contribution in [2.24, 2.45) is 0 Å². The Morgan fingerprint density at radius 3 is 2.32 bits per heavy atom. The molecule has 0 aliphatic rings. The van der Waals surface area contributed by atoms with E-state index in [0.717, 1.165) is 29.5 Å². The molecule has 5 heteroatoms. The van der Waals surface area contributed by atoms with Crippen LogP contribution in [0.3, 0.4) is 0 Å². The lowest BCUT2D eigenvalue weighted by molar-refractivity contribution is 0.457. The Labute approximate surface area is 142 Å². The fraction of sp³-hybridized carbons (Fsp3) is 0.143. The molecule has 1 N–H and O–H groups in total. The summed E-state index contributed by atoms with van der Waals surface area (Å²) < 4.78 is 7.83. The van der Waals surface area contributed by atoms with Crippen molar-refractivity contribution in [3.63, 3.8) is 0 Å². The molecule has 0 aliphatic carbocycles. The molecule has 0 aromatic heterocycles. The molecule has 0 bridgehead atoms. The number of hydrogen-bond acceptors (Lipinski definition) is 2. The van der Waals surface area contributed by atoms with E-state index < -0.39 is 0 Å². The van der Waals surface area contributed by atoms with Crippen LogP contribution < -0.4 is 10.0 Å². The molecule has 0 fully saturated rings. The Kier molecular flexibility index (Phi) is 4.95. The Morgan fingerprint density at radius 1 is 1.05 bits per heavy atom. The highest BCUT2D eigenvalue weighted by Crippen LogP contribution is 2.33. The van der Waals surface area contributed by atoms with Gasteiger partial charge in [-0.15, -0.1) is 9.24 Å². The van der Waals surface area contributed by atoms with Gasteiger partial charge in [-0.3, -0.25) is 0 Å². The fourth-order valence-corrected chi connectivity index (χ4v) is 4.16. The molecule has 0 saturated carbocycles. The molecule has 0 saturated heterocycles. The van der Waals surface area contributed by atoms with E-state index in [0.29, 0.717) is 5.75 Å². The topological polar surface area (TPSA) is 29.5 Å². The van der Waals surface area contributed by atoms with Gasteiger partial charge in [0.25, 0.3) is 0 Å². The summed E-state index contributed by atoms with van der Waals surface area (Å²) in [7, 11) is 2.70. The van der Waals surface area contributed by atoms with Gasteiger partial charge in [-0.1, -0.05) is 0 Å². The van der Waals surface area contributed by atoms with Gasteiger partial charge in [-0.2, -0.15) is 0 Å². The molecule has 19 heavy (non-hydrogen) atoms. The molecule has 2 nitrogen and oxygen atoms in total. The lowest BCUT2D eigenvalue weighted by Crippen LogP contribution is -2.02. The van der Waals surface area contributed by atoms with Gasteiger partial charge >= 0.3 is 0 Å². The quantitative estimate of drug-likeness (QED) is 0.488. The normalized spacial score (nSPS) is 10.6. The van der Waals surface area contributed by atoms with Crippen molar-refractivity contribution in [2.45, 2.75) is 13.8 Å². The summed E-state index contributed by atoms with van der Waals surface area (Å²) in [5.41, 5.74) is 2.02. The van der Waals surface area contributed by atoms with Crippen LogP contribution in [0.2, 0.25) is 0 Å². The van der Waals surface area contributed by atoms with E-state index in [1.807, 2.05) is 19.1 Å². The second kappa shape index (κ2) is 6.14. The number of aromatic hydroxyl groups is 1. The monoisotopic (exact) mass is 498 g/mol. The highest BCUT2D eigenvalue weighted by atomic mass is 127. The van der Waals surface area contributed by atoms with Gasteiger partial charge in [0, 0.05) is 5.30 Å². The van der Waals surface area contributed by atoms with Gasteiger partial charge in [0.1, 0.15) is 17.2 Å². The molecular formula is C14H13I2O2P. The van der Waals surface area contributed by atoms with Gasteiger partial charge in [0.2, 0.25) is 0 Å². The van der Waals surface area contributed by atoms with Crippen LogP contribution >= 0.6 is 54.4 Å². The van der Waals surface area contributed by atoms with Gasteiger partial charge in [0.05, 0.1) is 7.14 Å². The second-order valence-corrected chi connectivity index (χ2v) is 7.28. The minimum absolute atomic E-state index is 0.317. The summed E-state index contributed by atoms with van der Waals surface area (Å²) in [5, 5.41) is 10.8. The Hall–Kier alpha value is -0.0700.